The van der Waals surface area contributed by atoms with Gasteiger partial charge in [-0.3, -0.25) is 4.98 Å². The molecule has 0 amide bonds. The number of hydrogen-bond acceptors (Lipinski definition) is 8. The molecule has 0 unspecified atom stereocenters. The Balaban J connectivity index is 1.67. The molecule has 3 aromatic heterocycles. The molecule has 0 spiro atoms. The quantitative estimate of drug-likeness (QED) is 0.382. The van der Waals surface area contributed by atoms with E-state index in [4.69, 9.17) is 14.7 Å². The highest BCUT2D eigenvalue weighted by Gasteiger charge is 2.17. The van der Waals surface area contributed by atoms with Crippen molar-refractivity contribution >= 4 is 28.1 Å². The zero-order chi connectivity index (χ0) is 21.9. The maximum atomic E-state index is 5.99. The van der Waals surface area contributed by atoms with Crippen molar-refractivity contribution in [3.05, 3.63) is 67.0 Å². The van der Waals surface area contributed by atoms with Crippen molar-refractivity contribution in [1.82, 2.24) is 25.1 Å². The molecule has 0 atom stereocenters. The molecule has 0 saturated carbocycles. The van der Waals surface area contributed by atoms with Crippen molar-refractivity contribution in [2.24, 2.45) is 0 Å². The summed E-state index contributed by atoms with van der Waals surface area (Å²) in [6.07, 6.45) is 3.48. The van der Waals surface area contributed by atoms with Crippen molar-refractivity contribution in [3.63, 3.8) is 0 Å². The molecule has 0 saturated heterocycles. The van der Waals surface area contributed by atoms with E-state index in [9.17, 15) is 0 Å². The zero-order valence-electron chi connectivity index (χ0n) is 17.6. The van der Waals surface area contributed by atoms with E-state index in [1.165, 1.54) is 0 Å². The molecule has 0 aliphatic rings. The van der Waals surface area contributed by atoms with E-state index in [0.29, 0.717) is 24.0 Å². The van der Waals surface area contributed by atoms with Crippen LogP contribution in [0.5, 0.6) is 5.75 Å². The highest BCUT2D eigenvalue weighted by atomic mass is 32.1. The summed E-state index contributed by atoms with van der Waals surface area (Å²) in [6.45, 7) is 2.48. The Labute approximate surface area is 189 Å². The molecule has 32 heavy (non-hydrogen) atoms. The molecule has 1 N–H and O–H groups in total. The summed E-state index contributed by atoms with van der Waals surface area (Å²) in [5.74, 6) is 1.98. The first-order chi connectivity index (χ1) is 15.8. The van der Waals surface area contributed by atoms with E-state index in [1.807, 2.05) is 68.6 Å². The number of pyridine rings is 1. The fourth-order valence-electron chi connectivity index (χ4n) is 3.44. The second kappa shape index (κ2) is 8.68. The predicted molar refractivity (Wildman–Crippen MR) is 128 cm³/mol. The molecule has 0 aliphatic heterocycles. The Hall–Kier alpha value is -3.91. The van der Waals surface area contributed by atoms with Gasteiger partial charge < -0.3 is 10.1 Å². The van der Waals surface area contributed by atoms with Gasteiger partial charge in [-0.2, -0.15) is 0 Å². The molecular weight excluding hydrogens is 420 g/mol. The highest BCUT2D eigenvalue weighted by molar-refractivity contribution is 7.17. The van der Waals surface area contributed by atoms with E-state index < -0.39 is 0 Å². The molecule has 5 aromatic rings. The maximum Gasteiger partial charge on any atom is 0.163 e. The number of aromatic nitrogens is 5. The van der Waals surface area contributed by atoms with E-state index in [-0.39, 0.29) is 0 Å². The van der Waals surface area contributed by atoms with E-state index in [0.717, 1.165) is 37.6 Å². The molecule has 3 heterocycles. The third kappa shape index (κ3) is 3.76. The summed E-state index contributed by atoms with van der Waals surface area (Å²) in [4.78, 5) is 13.7. The Kier molecular flexibility index (Phi) is 5.43. The lowest BCUT2D eigenvalue weighted by Crippen LogP contribution is -2.02. The minimum Gasteiger partial charge on any atom is -0.492 e. The van der Waals surface area contributed by atoms with Gasteiger partial charge in [0.1, 0.15) is 27.1 Å². The van der Waals surface area contributed by atoms with Gasteiger partial charge in [-0.05, 0) is 31.2 Å². The average Bonchev–Trinajstić information content (AvgIpc) is 3.35. The van der Waals surface area contributed by atoms with E-state index in [2.05, 4.69) is 20.5 Å². The van der Waals surface area contributed by atoms with Gasteiger partial charge in [0.2, 0.25) is 0 Å². The van der Waals surface area contributed by atoms with Crippen LogP contribution in [-0.2, 0) is 0 Å². The fraction of sp³-hybridized carbons (Fsp3) is 0.125. The van der Waals surface area contributed by atoms with Gasteiger partial charge >= 0.3 is 0 Å². The van der Waals surface area contributed by atoms with Gasteiger partial charge in [0.15, 0.2) is 5.82 Å². The molecule has 5 rings (SSSR count). The first-order valence-corrected chi connectivity index (χ1v) is 11.0. The van der Waals surface area contributed by atoms with Crippen LogP contribution in [0.1, 0.15) is 6.92 Å². The molecule has 0 radical (unpaired) electrons. The third-order valence-electron chi connectivity index (χ3n) is 4.91. The summed E-state index contributed by atoms with van der Waals surface area (Å²) < 4.78 is 5.99. The topological polar surface area (TPSA) is 85.7 Å². The number of rotatable bonds is 6. The lowest BCUT2D eigenvalue weighted by molar-refractivity contribution is 0.344. The van der Waals surface area contributed by atoms with Gasteiger partial charge in [-0.15, -0.1) is 10.2 Å². The van der Waals surface area contributed by atoms with E-state index >= 15 is 0 Å². The molecule has 0 bridgehead atoms. The molecule has 7 nitrogen and oxygen atoms in total. The molecule has 158 valence electrons. The monoisotopic (exact) mass is 440 g/mol. The van der Waals surface area contributed by atoms with Crippen molar-refractivity contribution in [1.29, 1.82) is 0 Å². The minimum absolute atomic E-state index is 0.519. The second-order valence-corrected chi connectivity index (χ2v) is 7.95. The lowest BCUT2D eigenvalue weighted by atomic mass is 10.1. The summed E-state index contributed by atoms with van der Waals surface area (Å²) in [6, 6.07) is 17.9. The predicted octanol–water partition coefficient (Wildman–Crippen LogP) is 5.32. The van der Waals surface area contributed by atoms with E-state index in [1.54, 1.807) is 23.7 Å². The highest BCUT2D eigenvalue weighted by Crippen LogP contribution is 2.38. The van der Waals surface area contributed by atoms with Gasteiger partial charge in [0.25, 0.3) is 0 Å². The van der Waals surface area contributed by atoms with Gasteiger partial charge in [0.05, 0.1) is 6.61 Å². The average molecular weight is 441 g/mol. The normalized spacial score (nSPS) is 10.9. The molecule has 0 fully saturated rings. The largest absolute Gasteiger partial charge is 0.492 e. The Morgan fingerprint density at radius 1 is 0.906 bits per heavy atom. The smallest absolute Gasteiger partial charge is 0.163 e. The number of benzene rings is 2. The van der Waals surface area contributed by atoms with Crippen LogP contribution in [0.3, 0.4) is 0 Å². The number of ether oxygens (including phenoxy) is 1. The van der Waals surface area contributed by atoms with Crippen LogP contribution in [0.4, 0.5) is 5.82 Å². The van der Waals surface area contributed by atoms with Gasteiger partial charge in [-0.1, -0.05) is 41.7 Å². The van der Waals surface area contributed by atoms with Crippen LogP contribution < -0.4 is 10.1 Å². The third-order valence-corrected chi connectivity index (χ3v) is 5.94. The van der Waals surface area contributed by atoms with Crippen LogP contribution in [0, 0.1) is 0 Å². The fourth-order valence-corrected chi connectivity index (χ4v) is 4.28. The summed E-state index contributed by atoms with van der Waals surface area (Å²) in [5, 5.41) is 14.6. The summed E-state index contributed by atoms with van der Waals surface area (Å²) >= 11 is 1.54. The first-order valence-electron chi connectivity index (χ1n) is 10.2. The summed E-state index contributed by atoms with van der Waals surface area (Å²) in [5.41, 5.74) is 3.54. The van der Waals surface area contributed by atoms with Gasteiger partial charge in [0, 0.05) is 41.5 Å². The Bertz CT molecular complexity index is 1370. The molecule has 0 aliphatic carbocycles. The maximum absolute atomic E-state index is 5.99. The minimum atomic E-state index is 0.519. The van der Waals surface area contributed by atoms with Crippen LogP contribution >= 0.6 is 11.3 Å². The molecular formula is C24H20N6OS. The lowest BCUT2D eigenvalue weighted by Gasteiger charge is -2.13. The van der Waals surface area contributed by atoms with Crippen LogP contribution in [0.25, 0.3) is 43.4 Å². The standard InChI is InChI=1S/C24H20N6OS/c1-3-31-19-13-17(24-30-29-23(32-24)15-8-5-4-6-9-15)12-18-20(19)27-21(28-22(18)25-2)16-10-7-11-26-14-16/h4-14H,3H2,1-2H3,(H,25,27,28). The van der Waals surface area contributed by atoms with Crippen molar-refractivity contribution in [2.45, 2.75) is 6.92 Å². The summed E-state index contributed by atoms with van der Waals surface area (Å²) in [7, 11) is 1.85. The molecule has 2 aromatic carbocycles. The van der Waals surface area contributed by atoms with Crippen molar-refractivity contribution < 1.29 is 4.74 Å². The van der Waals surface area contributed by atoms with Crippen molar-refractivity contribution in [3.8, 4) is 38.3 Å². The van der Waals surface area contributed by atoms with Crippen molar-refractivity contribution in [2.75, 3.05) is 19.0 Å². The number of nitrogens with one attached hydrogen (secondary N) is 1. The van der Waals surface area contributed by atoms with Crippen LogP contribution in [0.15, 0.2) is 67.0 Å². The SMILES string of the molecule is CCOc1cc(-c2nnc(-c3ccccc3)s2)cc2c(NC)nc(-c3cccnc3)nc12. The van der Waals surface area contributed by atoms with Crippen LogP contribution in [-0.4, -0.2) is 38.8 Å². The second-order valence-electron chi connectivity index (χ2n) is 6.97. The molecule has 8 heteroatoms. The number of anilines is 1. The first kappa shape index (κ1) is 20.0. The number of nitrogens with zero attached hydrogens (tertiary/aromatic N) is 5. The van der Waals surface area contributed by atoms with Crippen LogP contribution in [0.2, 0.25) is 0 Å². The number of hydrogen-bond donors (Lipinski definition) is 1. The number of fused-ring (bicyclic) bond motifs is 1. The Morgan fingerprint density at radius 3 is 2.41 bits per heavy atom. The zero-order valence-corrected chi connectivity index (χ0v) is 18.4. The Morgan fingerprint density at radius 2 is 1.69 bits per heavy atom. The van der Waals surface area contributed by atoms with Gasteiger partial charge in [-0.25, -0.2) is 9.97 Å².